The molecule has 2 unspecified atom stereocenters. The summed E-state index contributed by atoms with van der Waals surface area (Å²) in [6.07, 6.45) is 1.86. The van der Waals surface area contributed by atoms with E-state index in [2.05, 4.69) is 4.98 Å². The van der Waals surface area contributed by atoms with Crippen LogP contribution in [-0.2, 0) is 14.8 Å². The Kier molecular flexibility index (Phi) is 6.85. The van der Waals surface area contributed by atoms with E-state index in [-0.39, 0.29) is 22.3 Å². The number of hydrogen-bond donors (Lipinski definition) is 0. The van der Waals surface area contributed by atoms with Gasteiger partial charge >= 0.3 is 0 Å². The summed E-state index contributed by atoms with van der Waals surface area (Å²) in [5, 5.41) is 9.25. The first-order valence-electron chi connectivity index (χ1n) is 7.72. The Hall–Kier alpha value is -1.78. The van der Waals surface area contributed by atoms with Gasteiger partial charge in [-0.1, -0.05) is 27.7 Å². The average molecular weight is 337 g/mol. The van der Waals surface area contributed by atoms with Crippen LogP contribution >= 0.6 is 0 Å². The molecule has 0 bridgehead atoms. The van der Waals surface area contributed by atoms with Crippen molar-refractivity contribution in [3.63, 3.8) is 0 Å². The van der Waals surface area contributed by atoms with Crippen molar-refractivity contribution in [1.29, 1.82) is 5.26 Å². The van der Waals surface area contributed by atoms with Crippen LogP contribution < -0.4 is 0 Å². The first-order valence-corrected chi connectivity index (χ1v) is 9.16. The van der Waals surface area contributed by atoms with Crippen LogP contribution in [-0.4, -0.2) is 36.6 Å². The van der Waals surface area contributed by atoms with Gasteiger partial charge in [-0.2, -0.15) is 9.57 Å². The lowest BCUT2D eigenvalue weighted by Crippen LogP contribution is -2.30. The normalized spacial score (nSPS) is 14.3. The summed E-state index contributed by atoms with van der Waals surface area (Å²) in [6, 6.07) is 4.82. The lowest BCUT2D eigenvalue weighted by Gasteiger charge is -2.18. The van der Waals surface area contributed by atoms with Crippen LogP contribution in [0.3, 0.4) is 0 Å². The van der Waals surface area contributed by atoms with Gasteiger partial charge in [-0.25, -0.2) is 8.42 Å². The lowest BCUT2D eigenvalue weighted by atomic mass is 9.91. The standard InChI is InChI=1S/C16H23N3O3S/c1-5-12(4)16(20)14(10-17)15-9-8-13(11-18-15)23(21,22)19(6-2)7-3/h8-9,11-12,14H,5-7H2,1-4H3. The molecule has 6 nitrogen and oxygen atoms in total. The van der Waals surface area contributed by atoms with E-state index in [9.17, 15) is 18.5 Å². The van der Waals surface area contributed by atoms with Crippen LogP contribution in [0.4, 0.5) is 0 Å². The summed E-state index contributed by atoms with van der Waals surface area (Å²) in [6.45, 7) is 7.91. The Morgan fingerprint density at radius 1 is 1.30 bits per heavy atom. The zero-order valence-corrected chi connectivity index (χ0v) is 14.8. The highest BCUT2D eigenvalue weighted by Gasteiger charge is 2.27. The third-order valence-electron chi connectivity index (χ3n) is 3.91. The van der Waals surface area contributed by atoms with Crippen molar-refractivity contribution in [3.05, 3.63) is 24.0 Å². The second kappa shape index (κ2) is 8.18. The molecule has 0 N–H and O–H groups in total. The number of nitrogens with zero attached hydrogens (tertiary/aromatic N) is 3. The minimum Gasteiger partial charge on any atom is -0.297 e. The van der Waals surface area contributed by atoms with Crippen molar-refractivity contribution in [2.24, 2.45) is 5.92 Å². The molecule has 1 aromatic heterocycles. The van der Waals surface area contributed by atoms with Crippen LogP contribution in [0, 0.1) is 17.2 Å². The van der Waals surface area contributed by atoms with Gasteiger partial charge in [0.15, 0.2) is 5.78 Å². The fourth-order valence-corrected chi connectivity index (χ4v) is 3.59. The molecule has 0 amide bonds. The molecule has 1 rings (SSSR count). The van der Waals surface area contributed by atoms with Crippen LogP contribution in [0.5, 0.6) is 0 Å². The molecule has 0 radical (unpaired) electrons. The predicted molar refractivity (Wildman–Crippen MR) is 87.2 cm³/mol. The fourth-order valence-electron chi connectivity index (χ4n) is 2.19. The maximum Gasteiger partial charge on any atom is 0.244 e. The Morgan fingerprint density at radius 2 is 1.91 bits per heavy atom. The number of hydrogen-bond acceptors (Lipinski definition) is 5. The van der Waals surface area contributed by atoms with Gasteiger partial charge in [0.05, 0.1) is 11.8 Å². The Bertz CT molecular complexity index is 674. The van der Waals surface area contributed by atoms with Crippen molar-refractivity contribution in [2.45, 2.75) is 44.9 Å². The highest BCUT2D eigenvalue weighted by Crippen LogP contribution is 2.22. The zero-order chi connectivity index (χ0) is 17.6. The predicted octanol–water partition coefficient (Wildman–Crippen LogP) is 2.33. The molecule has 0 fully saturated rings. The number of sulfonamides is 1. The number of aromatic nitrogens is 1. The number of carbonyl (C=O) groups is 1. The van der Waals surface area contributed by atoms with E-state index in [0.29, 0.717) is 19.5 Å². The molecule has 0 saturated heterocycles. The monoisotopic (exact) mass is 337 g/mol. The number of ketones is 1. The minimum atomic E-state index is -3.59. The molecule has 7 heteroatoms. The van der Waals surface area contributed by atoms with E-state index >= 15 is 0 Å². The van der Waals surface area contributed by atoms with E-state index in [1.54, 1.807) is 20.8 Å². The second-order valence-corrected chi connectivity index (χ2v) is 7.22. The molecule has 1 heterocycles. The number of Topliss-reactive ketones (excluding diaryl/α,β-unsaturated/α-hetero) is 1. The van der Waals surface area contributed by atoms with E-state index in [0.717, 1.165) is 0 Å². The third-order valence-corrected chi connectivity index (χ3v) is 5.94. The quantitative estimate of drug-likeness (QED) is 0.726. The molecular weight excluding hydrogens is 314 g/mol. The third kappa shape index (κ3) is 4.15. The van der Waals surface area contributed by atoms with Crippen molar-refractivity contribution in [3.8, 4) is 6.07 Å². The van der Waals surface area contributed by atoms with Gasteiger partial charge in [0, 0.05) is 25.2 Å². The highest BCUT2D eigenvalue weighted by atomic mass is 32.2. The number of pyridine rings is 1. The maximum atomic E-state index is 12.4. The van der Waals surface area contributed by atoms with Gasteiger partial charge < -0.3 is 0 Å². The van der Waals surface area contributed by atoms with Crippen molar-refractivity contribution >= 4 is 15.8 Å². The van der Waals surface area contributed by atoms with Gasteiger partial charge in [-0.3, -0.25) is 9.78 Å². The van der Waals surface area contributed by atoms with Crippen LogP contribution in [0.1, 0.15) is 45.7 Å². The van der Waals surface area contributed by atoms with Crippen LogP contribution in [0.15, 0.2) is 23.2 Å². The molecule has 0 aliphatic rings. The summed E-state index contributed by atoms with van der Waals surface area (Å²) < 4.78 is 26.1. The van der Waals surface area contributed by atoms with E-state index in [4.69, 9.17) is 0 Å². The molecule has 23 heavy (non-hydrogen) atoms. The van der Waals surface area contributed by atoms with Crippen molar-refractivity contribution in [1.82, 2.24) is 9.29 Å². The van der Waals surface area contributed by atoms with Crippen LogP contribution in [0.25, 0.3) is 0 Å². The molecule has 0 spiro atoms. The van der Waals surface area contributed by atoms with E-state index < -0.39 is 15.9 Å². The fraction of sp³-hybridized carbons (Fsp3) is 0.562. The molecule has 0 saturated carbocycles. The summed E-state index contributed by atoms with van der Waals surface area (Å²) in [5.74, 6) is -1.39. The summed E-state index contributed by atoms with van der Waals surface area (Å²) >= 11 is 0. The van der Waals surface area contributed by atoms with Crippen LogP contribution in [0.2, 0.25) is 0 Å². The number of rotatable bonds is 8. The Labute approximate surface area is 138 Å². The first-order chi connectivity index (χ1) is 10.8. The first kappa shape index (κ1) is 19.3. The number of carbonyl (C=O) groups excluding carboxylic acids is 1. The maximum absolute atomic E-state index is 12.4. The summed E-state index contributed by atoms with van der Waals surface area (Å²) in [5.41, 5.74) is 0.288. The summed E-state index contributed by atoms with van der Waals surface area (Å²) in [7, 11) is -3.59. The van der Waals surface area contributed by atoms with Crippen molar-refractivity contribution in [2.75, 3.05) is 13.1 Å². The molecule has 0 aromatic carbocycles. The minimum absolute atomic E-state index is 0.0672. The number of nitriles is 1. The van der Waals surface area contributed by atoms with Gasteiger partial charge in [-0.05, 0) is 18.6 Å². The SMILES string of the molecule is CCC(C)C(=O)C(C#N)c1ccc(S(=O)(=O)N(CC)CC)cn1. The molecular formula is C16H23N3O3S. The van der Waals surface area contributed by atoms with Crippen molar-refractivity contribution < 1.29 is 13.2 Å². The van der Waals surface area contributed by atoms with Gasteiger partial charge in [0.25, 0.3) is 0 Å². The molecule has 0 aliphatic carbocycles. The van der Waals surface area contributed by atoms with E-state index in [1.165, 1.54) is 22.6 Å². The van der Waals surface area contributed by atoms with Gasteiger partial charge in [-0.15, -0.1) is 0 Å². The Balaban J connectivity index is 3.13. The topological polar surface area (TPSA) is 91.1 Å². The van der Waals surface area contributed by atoms with Gasteiger partial charge in [0.2, 0.25) is 10.0 Å². The highest BCUT2D eigenvalue weighted by molar-refractivity contribution is 7.89. The molecule has 126 valence electrons. The Morgan fingerprint density at radius 3 is 2.30 bits per heavy atom. The molecule has 1 aromatic rings. The smallest absolute Gasteiger partial charge is 0.244 e. The second-order valence-electron chi connectivity index (χ2n) is 5.28. The molecule has 2 atom stereocenters. The van der Waals surface area contributed by atoms with E-state index in [1.807, 2.05) is 13.0 Å². The zero-order valence-electron chi connectivity index (χ0n) is 14.0. The summed E-state index contributed by atoms with van der Waals surface area (Å²) in [4.78, 5) is 16.3. The largest absolute Gasteiger partial charge is 0.297 e. The van der Waals surface area contributed by atoms with Gasteiger partial charge in [0.1, 0.15) is 10.8 Å². The lowest BCUT2D eigenvalue weighted by molar-refractivity contribution is -0.122. The molecule has 0 aliphatic heterocycles. The average Bonchev–Trinajstić information content (AvgIpc) is 2.56.